The SMILES string of the molecule is CCCC(CC)C1=CC=C(C)C2CC12. The van der Waals surface area contributed by atoms with Gasteiger partial charge in [-0.1, -0.05) is 43.6 Å². The molecule has 0 N–H and O–H groups in total. The van der Waals surface area contributed by atoms with Gasteiger partial charge in [-0.3, -0.25) is 0 Å². The number of hydrogen-bond acceptors (Lipinski definition) is 0. The van der Waals surface area contributed by atoms with E-state index in [1.807, 2.05) is 0 Å². The van der Waals surface area contributed by atoms with Gasteiger partial charge in [0.1, 0.15) is 0 Å². The molecule has 0 aliphatic heterocycles. The van der Waals surface area contributed by atoms with E-state index in [-0.39, 0.29) is 0 Å². The van der Waals surface area contributed by atoms with E-state index in [9.17, 15) is 0 Å². The minimum atomic E-state index is 0.874. The molecule has 0 bridgehead atoms. The quantitative estimate of drug-likeness (QED) is 0.619. The summed E-state index contributed by atoms with van der Waals surface area (Å²) in [6.07, 6.45) is 10.3. The van der Waals surface area contributed by atoms with Gasteiger partial charge in [0.25, 0.3) is 0 Å². The summed E-state index contributed by atoms with van der Waals surface area (Å²) >= 11 is 0. The van der Waals surface area contributed by atoms with Crippen molar-refractivity contribution in [1.29, 1.82) is 0 Å². The van der Waals surface area contributed by atoms with Gasteiger partial charge in [0.2, 0.25) is 0 Å². The Morgan fingerprint density at radius 2 is 2.07 bits per heavy atom. The summed E-state index contributed by atoms with van der Waals surface area (Å²) in [6.45, 7) is 6.93. The maximum Gasteiger partial charge on any atom is -0.0126 e. The van der Waals surface area contributed by atoms with Crippen LogP contribution in [0.15, 0.2) is 23.3 Å². The highest BCUT2D eigenvalue weighted by Gasteiger charge is 2.43. The second-order valence-corrected chi connectivity index (χ2v) is 4.92. The van der Waals surface area contributed by atoms with Crippen molar-refractivity contribution in [3.63, 3.8) is 0 Å². The zero-order valence-electron chi connectivity index (χ0n) is 9.72. The second kappa shape index (κ2) is 3.92. The van der Waals surface area contributed by atoms with Crippen molar-refractivity contribution >= 4 is 0 Å². The molecule has 78 valence electrons. The van der Waals surface area contributed by atoms with Gasteiger partial charge in [0, 0.05) is 0 Å². The van der Waals surface area contributed by atoms with Gasteiger partial charge in [-0.2, -0.15) is 0 Å². The van der Waals surface area contributed by atoms with Crippen LogP contribution in [-0.4, -0.2) is 0 Å². The Morgan fingerprint density at radius 3 is 2.71 bits per heavy atom. The van der Waals surface area contributed by atoms with Crippen LogP contribution in [0.25, 0.3) is 0 Å². The van der Waals surface area contributed by atoms with Crippen molar-refractivity contribution in [2.75, 3.05) is 0 Å². The highest BCUT2D eigenvalue weighted by molar-refractivity contribution is 5.36. The smallest absolute Gasteiger partial charge is 0.0126 e. The first-order chi connectivity index (χ1) is 6.77. The van der Waals surface area contributed by atoms with Crippen LogP contribution >= 0.6 is 0 Å². The molecule has 1 fully saturated rings. The van der Waals surface area contributed by atoms with Crippen LogP contribution in [0.3, 0.4) is 0 Å². The molecule has 0 saturated heterocycles. The average Bonchev–Trinajstić information content (AvgIpc) is 2.96. The zero-order chi connectivity index (χ0) is 10.1. The van der Waals surface area contributed by atoms with E-state index in [4.69, 9.17) is 0 Å². The molecule has 0 heterocycles. The molecule has 0 aromatic carbocycles. The van der Waals surface area contributed by atoms with Crippen molar-refractivity contribution < 1.29 is 0 Å². The average molecular weight is 190 g/mol. The van der Waals surface area contributed by atoms with Crippen LogP contribution < -0.4 is 0 Å². The third-order valence-electron chi connectivity index (χ3n) is 3.94. The van der Waals surface area contributed by atoms with Gasteiger partial charge in [-0.15, -0.1) is 0 Å². The van der Waals surface area contributed by atoms with Crippen LogP contribution in [0.1, 0.15) is 46.5 Å². The predicted octanol–water partition coefficient (Wildman–Crippen LogP) is 4.34. The summed E-state index contributed by atoms with van der Waals surface area (Å²) < 4.78 is 0. The van der Waals surface area contributed by atoms with Gasteiger partial charge in [0.05, 0.1) is 0 Å². The summed E-state index contributed by atoms with van der Waals surface area (Å²) in [5.74, 6) is 2.75. The Balaban J connectivity index is 2.10. The zero-order valence-corrected chi connectivity index (χ0v) is 9.72. The molecule has 3 unspecified atom stereocenters. The molecular weight excluding hydrogens is 168 g/mol. The molecule has 14 heavy (non-hydrogen) atoms. The highest BCUT2D eigenvalue weighted by atomic mass is 14.5. The first-order valence-corrected chi connectivity index (χ1v) is 6.16. The van der Waals surface area contributed by atoms with Crippen LogP contribution in [0.4, 0.5) is 0 Å². The van der Waals surface area contributed by atoms with Gasteiger partial charge >= 0.3 is 0 Å². The van der Waals surface area contributed by atoms with Crippen LogP contribution in [0, 0.1) is 17.8 Å². The van der Waals surface area contributed by atoms with Gasteiger partial charge in [-0.25, -0.2) is 0 Å². The van der Waals surface area contributed by atoms with Crippen molar-refractivity contribution in [2.45, 2.75) is 46.5 Å². The van der Waals surface area contributed by atoms with Crippen molar-refractivity contribution in [1.82, 2.24) is 0 Å². The third kappa shape index (κ3) is 1.67. The maximum absolute atomic E-state index is 2.42. The van der Waals surface area contributed by atoms with Crippen LogP contribution in [-0.2, 0) is 0 Å². The molecule has 1 saturated carbocycles. The minimum Gasteiger partial charge on any atom is -0.0696 e. The van der Waals surface area contributed by atoms with E-state index in [1.165, 1.54) is 25.7 Å². The molecule has 0 nitrogen and oxygen atoms in total. The van der Waals surface area contributed by atoms with E-state index in [2.05, 4.69) is 32.9 Å². The Kier molecular flexibility index (Phi) is 2.80. The van der Waals surface area contributed by atoms with Crippen molar-refractivity contribution in [3.05, 3.63) is 23.3 Å². The Morgan fingerprint density at radius 1 is 1.29 bits per heavy atom. The predicted molar refractivity (Wildman–Crippen MR) is 62.1 cm³/mol. The lowest BCUT2D eigenvalue weighted by atomic mass is 9.85. The first-order valence-electron chi connectivity index (χ1n) is 6.16. The molecule has 0 spiro atoms. The molecular formula is C14H22. The highest BCUT2D eigenvalue weighted by Crippen LogP contribution is 2.53. The summed E-state index contributed by atoms with van der Waals surface area (Å²) in [7, 11) is 0. The molecule has 2 aliphatic carbocycles. The summed E-state index contributed by atoms with van der Waals surface area (Å²) in [6, 6.07) is 0. The molecule has 0 aromatic rings. The summed E-state index contributed by atoms with van der Waals surface area (Å²) in [4.78, 5) is 0. The number of fused-ring (bicyclic) bond motifs is 1. The van der Waals surface area contributed by atoms with Gasteiger partial charge < -0.3 is 0 Å². The Hall–Kier alpha value is -0.520. The van der Waals surface area contributed by atoms with Crippen molar-refractivity contribution in [2.24, 2.45) is 17.8 Å². The topological polar surface area (TPSA) is 0 Å². The van der Waals surface area contributed by atoms with Crippen LogP contribution in [0.2, 0.25) is 0 Å². The summed E-state index contributed by atoms with van der Waals surface area (Å²) in [5, 5.41) is 0. The monoisotopic (exact) mass is 190 g/mol. The number of allylic oxidation sites excluding steroid dienone is 4. The third-order valence-corrected chi connectivity index (χ3v) is 3.94. The molecule has 0 amide bonds. The molecule has 0 aromatic heterocycles. The Labute approximate surface area is 88.1 Å². The lowest BCUT2D eigenvalue weighted by Crippen LogP contribution is -2.08. The van der Waals surface area contributed by atoms with Crippen molar-refractivity contribution in [3.8, 4) is 0 Å². The second-order valence-electron chi connectivity index (χ2n) is 4.92. The molecule has 0 radical (unpaired) electrons. The lowest BCUT2D eigenvalue weighted by Gasteiger charge is -2.20. The molecule has 2 aliphatic rings. The fourth-order valence-corrected chi connectivity index (χ4v) is 2.94. The molecule has 2 rings (SSSR count). The number of rotatable bonds is 4. The molecule has 0 heteroatoms. The molecule has 3 atom stereocenters. The lowest BCUT2D eigenvalue weighted by molar-refractivity contribution is 0.504. The van der Waals surface area contributed by atoms with E-state index in [0.29, 0.717) is 0 Å². The Bertz CT molecular complexity index is 270. The van der Waals surface area contributed by atoms with Gasteiger partial charge in [0.15, 0.2) is 0 Å². The van der Waals surface area contributed by atoms with Crippen LogP contribution in [0.5, 0.6) is 0 Å². The fraction of sp³-hybridized carbons (Fsp3) is 0.714. The maximum atomic E-state index is 2.42. The normalized spacial score (nSPS) is 31.6. The first kappa shape index (κ1) is 10.0. The summed E-state index contributed by atoms with van der Waals surface area (Å²) in [5.41, 5.74) is 3.38. The van der Waals surface area contributed by atoms with E-state index < -0.39 is 0 Å². The van der Waals surface area contributed by atoms with E-state index in [0.717, 1.165) is 17.8 Å². The largest absolute Gasteiger partial charge is 0.0696 e. The fourth-order valence-electron chi connectivity index (χ4n) is 2.94. The standard InChI is InChI=1S/C14H22/c1-4-6-11(5-2)12-8-7-10(3)13-9-14(12)13/h7-8,11,13-14H,4-6,9H2,1-3H3. The van der Waals surface area contributed by atoms with E-state index in [1.54, 1.807) is 11.1 Å². The van der Waals surface area contributed by atoms with Gasteiger partial charge in [-0.05, 0) is 43.9 Å². The number of hydrogen-bond donors (Lipinski definition) is 0. The van der Waals surface area contributed by atoms with E-state index >= 15 is 0 Å². The minimum absolute atomic E-state index is 0.874.